The molecule has 1 unspecified atom stereocenters. The van der Waals surface area contributed by atoms with Crippen LogP contribution in [0.1, 0.15) is 18.4 Å². The molecule has 0 radical (unpaired) electrons. The average molecular weight is 264 g/mol. The number of ether oxygens (including phenoxy) is 2. The fourth-order valence-corrected chi connectivity index (χ4v) is 1.87. The quantitative estimate of drug-likeness (QED) is 0.845. The van der Waals surface area contributed by atoms with E-state index in [1.807, 2.05) is 0 Å². The van der Waals surface area contributed by atoms with E-state index in [1.54, 1.807) is 6.07 Å². The molecule has 0 aliphatic carbocycles. The van der Waals surface area contributed by atoms with Gasteiger partial charge in [0.25, 0.3) is 0 Å². The molecule has 1 heterocycles. The Bertz CT molecular complexity index is 470. The van der Waals surface area contributed by atoms with E-state index in [1.165, 1.54) is 12.1 Å². The minimum absolute atomic E-state index is 0.00729. The molecular weight excluding hydrogens is 247 g/mol. The van der Waals surface area contributed by atoms with Crippen LogP contribution in [0, 0.1) is 23.6 Å². The third kappa shape index (κ3) is 4.55. The van der Waals surface area contributed by atoms with E-state index in [0.717, 1.165) is 13.0 Å². The molecular formula is C15H17FO3. The van der Waals surface area contributed by atoms with Gasteiger partial charge in [0.05, 0.1) is 19.8 Å². The Balaban J connectivity index is 1.97. The average Bonchev–Trinajstić information content (AvgIpc) is 2.89. The summed E-state index contributed by atoms with van der Waals surface area (Å²) in [5, 5.41) is 8.65. The van der Waals surface area contributed by atoms with Crippen molar-refractivity contribution < 1.29 is 19.0 Å². The zero-order valence-corrected chi connectivity index (χ0v) is 10.7. The maximum absolute atomic E-state index is 13.4. The molecule has 1 fully saturated rings. The van der Waals surface area contributed by atoms with Crippen molar-refractivity contribution in [2.24, 2.45) is 5.92 Å². The lowest BCUT2D eigenvalue weighted by Crippen LogP contribution is -2.11. The summed E-state index contributed by atoms with van der Waals surface area (Å²) >= 11 is 0. The molecule has 102 valence electrons. The van der Waals surface area contributed by atoms with E-state index in [0.29, 0.717) is 36.9 Å². The van der Waals surface area contributed by atoms with Gasteiger partial charge < -0.3 is 14.6 Å². The van der Waals surface area contributed by atoms with Crippen molar-refractivity contribution in [1.82, 2.24) is 0 Å². The van der Waals surface area contributed by atoms with Gasteiger partial charge in [-0.3, -0.25) is 0 Å². The lowest BCUT2D eigenvalue weighted by molar-refractivity contribution is 0.167. The van der Waals surface area contributed by atoms with Gasteiger partial charge in [0, 0.05) is 30.6 Å². The number of rotatable bonds is 4. The molecule has 1 saturated heterocycles. The second kappa shape index (κ2) is 7.13. The largest absolute Gasteiger partial charge is 0.493 e. The summed E-state index contributed by atoms with van der Waals surface area (Å²) in [5.74, 6) is 6.06. The number of aliphatic hydroxyl groups excluding tert-OH is 1. The van der Waals surface area contributed by atoms with Gasteiger partial charge in [-0.05, 0) is 18.6 Å². The van der Waals surface area contributed by atoms with E-state index in [2.05, 4.69) is 11.8 Å². The summed E-state index contributed by atoms with van der Waals surface area (Å²) in [7, 11) is 0. The number of benzene rings is 1. The highest BCUT2D eigenvalue weighted by atomic mass is 19.1. The molecule has 3 nitrogen and oxygen atoms in total. The number of halogens is 1. The zero-order valence-electron chi connectivity index (χ0n) is 10.7. The third-order valence-electron chi connectivity index (χ3n) is 2.85. The fraction of sp³-hybridized carbons (Fsp3) is 0.467. The minimum atomic E-state index is -0.367. The Morgan fingerprint density at radius 1 is 1.42 bits per heavy atom. The molecule has 1 aliphatic rings. The summed E-state index contributed by atoms with van der Waals surface area (Å²) in [6, 6.07) is 4.42. The van der Waals surface area contributed by atoms with Gasteiger partial charge >= 0.3 is 0 Å². The standard InChI is InChI=1S/C15H17FO3/c16-14-7-12(3-1-2-5-17)8-15(9-14)19-11-13-4-6-18-10-13/h7-9,13,17H,2,4-6,10-11H2. The third-order valence-corrected chi connectivity index (χ3v) is 2.85. The summed E-state index contributed by atoms with van der Waals surface area (Å²) in [4.78, 5) is 0. The van der Waals surface area contributed by atoms with Gasteiger partial charge in [-0.25, -0.2) is 4.39 Å². The van der Waals surface area contributed by atoms with Crippen molar-refractivity contribution in [3.63, 3.8) is 0 Å². The van der Waals surface area contributed by atoms with E-state index in [-0.39, 0.29) is 12.4 Å². The smallest absolute Gasteiger partial charge is 0.128 e. The van der Waals surface area contributed by atoms with Gasteiger partial charge in [-0.15, -0.1) is 0 Å². The normalized spacial score (nSPS) is 17.9. The van der Waals surface area contributed by atoms with Crippen molar-refractivity contribution >= 4 is 0 Å². The Morgan fingerprint density at radius 3 is 3.05 bits per heavy atom. The molecule has 2 rings (SSSR count). The lowest BCUT2D eigenvalue weighted by Gasteiger charge is -2.10. The molecule has 1 N–H and O–H groups in total. The highest BCUT2D eigenvalue weighted by Gasteiger charge is 2.16. The molecule has 0 amide bonds. The van der Waals surface area contributed by atoms with Gasteiger partial charge in [-0.1, -0.05) is 11.8 Å². The first-order valence-electron chi connectivity index (χ1n) is 6.39. The van der Waals surface area contributed by atoms with Crippen LogP contribution in [0.15, 0.2) is 18.2 Å². The highest BCUT2D eigenvalue weighted by molar-refractivity contribution is 5.40. The molecule has 0 saturated carbocycles. The second-order valence-corrected chi connectivity index (χ2v) is 4.49. The van der Waals surface area contributed by atoms with Crippen molar-refractivity contribution in [1.29, 1.82) is 0 Å². The Morgan fingerprint density at radius 2 is 2.32 bits per heavy atom. The fourth-order valence-electron chi connectivity index (χ4n) is 1.87. The topological polar surface area (TPSA) is 38.7 Å². The van der Waals surface area contributed by atoms with Crippen LogP contribution in [0.3, 0.4) is 0 Å². The van der Waals surface area contributed by atoms with Gasteiger partial charge in [0.15, 0.2) is 0 Å². The summed E-state index contributed by atoms with van der Waals surface area (Å²) in [5.41, 5.74) is 0.561. The first-order chi connectivity index (χ1) is 9.28. The predicted octanol–water partition coefficient (Wildman–Crippen LogP) is 1.97. The molecule has 0 spiro atoms. The van der Waals surface area contributed by atoms with Gasteiger partial charge in [-0.2, -0.15) is 0 Å². The van der Waals surface area contributed by atoms with Crippen LogP contribution >= 0.6 is 0 Å². The van der Waals surface area contributed by atoms with E-state index >= 15 is 0 Å². The SMILES string of the molecule is OCCC#Cc1cc(F)cc(OCC2CCOC2)c1. The molecule has 19 heavy (non-hydrogen) atoms. The minimum Gasteiger partial charge on any atom is -0.493 e. The second-order valence-electron chi connectivity index (χ2n) is 4.49. The van der Waals surface area contributed by atoms with Crippen molar-refractivity contribution in [2.45, 2.75) is 12.8 Å². The summed E-state index contributed by atoms with van der Waals surface area (Å²) in [6.45, 7) is 2.02. The van der Waals surface area contributed by atoms with Gasteiger partial charge in [0.2, 0.25) is 0 Å². The Labute approximate surface area is 112 Å². The highest BCUT2D eigenvalue weighted by Crippen LogP contribution is 2.19. The molecule has 1 aliphatic heterocycles. The molecule has 4 heteroatoms. The van der Waals surface area contributed by atoms with E-state index in [9.17, 15) is 4.39 Å². The Kier molecular flexibility index (Phi) is 5.20. The van der Waals surface area contributed by atoms with Crippen LogP contribution in [0.5, 0.6) is 5.75 Å². The van der Waals surface area contributed by atoms with Gasteiger partial charge in [0.1, 0.15) is 11.6 Å². The predicted molar refractivity (Wildman–Crippen MR) is 69.4 cm³/mol. The maximum atomic E-state index is 13.4. The van der Waals surface area contributed by atoms with Crippen LogP contribution in [0.2, 0.25) is 0 Å². The molecule has 0 bridgehead atoms. The monoisotopic (exact) mass is 264 g/mol. The Hall–Kier alpha value is -1.57. The zero-order chi connectivity index (χ0) is 13.5. The van der Waals surface area contributed by atoms with Crippen LogP contribution in [0.4, 0.5) is 4.39 Å². The first kappa shape index (κ1) is 13.9. The van der Waals surface area contributed by atoms with Crippen LogP contribution in [0.25, 0.3) is 0 Å². The molecule has 1 aromatic carbocycles. The number of hydrogen-bond acceptors (Lipinski definition) is 3. The van der Waals surface area contributed by atoms with Crippen LogP contribution < -0.4 is 4.74 Å². The number of aliphatic hydroxyl groups is 1. The molecule has 1 aromatic rings. The summed E-state index contributed by atoms with van der Waals surface area (Å²) < 4.78 is 24.3. The maximum Gasteiger partial charge on any atom is 0.128 e. The molecule has 0 aromatic heterocycles. The van der Waals surface area contributed by atoms with E-state index in [4.69, 9.17) is 14.6 Å². The van der Waals surface area contributed by atoms with Crippen LogP contribution in [-0.2, 0) is 4.74 Å². The lowest BCUT2D eigenvalue weighted by atomic mass is 10.1. The molecule has 1 atom stereocenters. The van der Waals surface area contributed by atoms with Crippen molar-refractivity contribution in [3.8, 4) is 17.6 Å². The van der Waals surface area contributed by atoms with Crippen LogP contribution in [-0.4, -0.2) is 31.5 Å². The van der Waals surface area contributed by atoms with Crippen molar-refractivity contribution in [3.05, 3.63) is 29.6 Å². The first-order valence-corrected chi connectivity index (χ1v) is 6.39. The summed E-state index contributed by atoms with van der Waals surface area (Å²) in [6.07, 6.45) is 1.37. The van der Waals surface area contributed by atoms with E-state index < -0.39 is 0 Å². The number of hydrogen-bond donors (Lipinski definition) is 1. The van der Waals surface area contributed by atoms with Crippen molar-refractivity contribution in [2.75, 3.05) is 26.4 Å².